The van der Waals surface area contributed by atoms with E-state index in [0.29, 0.717) is 17.5 Å². The van der Waals surface area contributed by atoms with Gasteiger partial charge in [-0.15, -0.1) is 10.2 Å². The van der Waals surface area contributed by atoms with Crippen LogP contribution in [0, 0.1) is 5.82 Å². The Morgan fingerprint density at radius 1 is 1.27 bits per heavy atom. The van der Waals surface area contributed by atoms with Gasteiger partial charge in [0.2, 0.25) is 5.91 Å². The summed E-state index contributed by atoms with van der Waals surface area (Å²) in [6.07, 6.45) is 0. The van der Waals surface area contributed by atoms with Gasteiger partial charge in [-0.05, 0) is 31.2 Å². The molecule has 0 bridgehead atoms. The number of ether oxygens (including phenoxy) is 1. The number of halogens is 1. The number of nitrogens with two attached hydrogens (primary N) is 1. The highest BCUT2D eigenvalue weighted by atomic mass is 32.2. The number of morpholine rings is 1. The summed E-state index contributed by atoms with van der Waals surface area (Å²) >= 11 is 1.28. The van der Waals surface area contributed by atoms with Crippen molar-refractivity contribution in [1.82, 2.24) is 19.7 Å². The van der Waals surface area contributed by atoms with Crippen molar-refractivity contribution in [2.75, 3.05) is 32.8 Å². The molecular weight excluding hydrogens is 357 g/mol. The molecule has 1 aliphatic rings. The minimum atomic E-state index is -0.414. The second-order valence-electron chi connectivity index (χ2n) is 6.08. The number of carbonyl (C=O) groups is 1. The van der Waals surface area contributed by atoms with Gasteiger partial charge in [0.1, 0.15) is 5.82 Å². The average molecular weight is 379 g/mol. The van der Waals surface area contributed by atoms with Crippen LogP contribution in [0.2, 0.25) is 0 Å². The van der Waals surface area contributed by atoms with E-state index in [2.05, 4.69) is 15.1 Å². The molecule has 1 aromatic carbocycles. The van der Waals surface area contributed by atoms with Crippen molar-refractivity contribution in [1.29, 1.82) is 0 Å². The van der Waals surface area contributed by atoms with Crippen molar-refractivity contribution in [2.45, 2.75) is 23.9 Å². The molecule has 1 amide bonds. The quantitative estimate of drug-likeness (QED) is 0.732. The van der Waals surface area contributed by atoms with E-state index in [0.717, 1.165) is 38.4 Å². The second-order valence-corrected chi connectivity index (χ2v) is 7.39. The van der Waals surface area contributed by atoms with Crippen LogP contribution in [-0.4, -0.2) is 63.7 Å². The van der Waals surface area contributed by atoms with Crippen molar-refractivity contribution in [3.05, 3.63) is 30.1 Å². The highest BCUT2D eigenvalue weighted by Crippen LogP contribution is 2.27. The van der Waals surface area contributed by atoms with E-state index in [9.17, 15) is 9.18 Å². The number of thioether (sulfide) groups is 1. The second kappa shape index (κ2) is 8.61. The molecule has 1 aromatic heterocycles. The molecule has 2 heterocycles. The number of amides is 1. The van der Waals surface area contributed by atoms with Gasteiger partial charge >= 0.3 is 0 Å². The number of carbonyl (C=O) groups excluding carboxylic acids is 1. The summed E-state index contributed by atoms with van der Waals surface area (Å²) in [6, 6.07) is 6.15. The fourth-order valence-corrected chi connectivity index (χ4v) is 3.50. The summed E-state index contributed by atoms with van der Waals surface area (Å²) < 4.78 is 20.6. The largest absolute Gasteiger partial charge is 0.379 e. The van der Waals surface area contributed by atoms with Crippen LogP contribution in [0.4, 0.5) is 4.39 Å². The molecule has 7 nitrogen and oxygen atoms in total. The molecule has 2 aromatic rings. The predicted octanol–water partition coefficient (Wildman–Crippen LogP) is 1.38. The van der Waals surface area contributed by atoms with E-state index in [1.165, 1.54) is 23.9 Å². The van der Waals surface area contributed by atoms with E-state index in [1.54, 1.807) is 19.1 Å². The van der Waals surface area contributed by atoms with E-state index in [4.69, 9.17) is 10.5 Å². The van der Waals surface area contributed by atoms with Crippen molar-refractivity contribution in [3.8, 4) is 11.4 Å². The van der Waals surface area contributed by atoms with E-state index in [-0.39, 0.29) is 5.82 Å². The molecule has 1 aliphatic heterocycles. The molecule has 1 atom stereocenters. The van der Waals surface area contributed by atoms with Crippen LogP contribution in [0.25, 0.3) is 11.4 Å². The van der Waals surface area contributed by atoms with Gasteiger partial charge in [0, 0.05) is 31.7 Å². The normalized spacial score (nSPS) is 16.5. The molecule has 0 unspecified atom stereocenters. The zero-order valence-corrected chi connectivity index (χ0v) is 15.4. The van der Waals surface area contributed by atoms with Crippen LogP contribution in [-0.2, 0) is 16.1 Å². The van der Waals surface area contributed by atoms with Gasteiger partial charge < -0.3 is 15.0 Å². The maximum Gasteiger partial charge on any atom is 0.230 e. The number of primary amides is 1. The lowest BCUT2D eigenvalue weighted by Gasteiger charge is -2.27. The van der Waals surface area contributed by atoms with Crippen LogP contribution in [0.1, 0.15) is 6.92 Å². The smallest absolute Gasteiger partial charge is 0.230 e. The fourth-order valence-electron chi connectivity index (χ4n) is 2.67. The van der Waals surface area contributed by atoms with E-state index in [1.807, 2.05) is 4.57 Å². The first kappa shape index (κ1) is 18.8. The van der Waals surface area contributed by atoms with E-state index >= 15 is 0 Å². The lowest BCUT2D eigenvalue weighted by atomic mass is 10.2. The molecule has 0 radical (unpaired) electrons. The molecule has 0 aliphatic carbocycles. The van der Waals surface area contributed by atoms with Gasteiger partial charge in [-0.3, -0.25) is 9.69 Å². The molecule has 0 saturated carbocycles. The maximum absolute atomic E-state index is 13.2. The van der Waals surface area contributed by atoms with Crippen LogP contribution >= 0.6 is 11.8 Å². The van der Waals surface area contributed by atoms with Crippen LogP contribution in [0.5, 0.6) is 0 Å². The summed E-state index contributed by atoms with van der Waals surface area (Å²) in [7, 11) is 0. The summed E-state index contributed by atoms with van der Waals surface area (Å²) in [5.41, 5.74) is 6.16. The predicted molar refractivity (Wildman–Crippen MR) is 97.2 cm³/mol. The molecule has 3 rings (SSSR count). The minimum Gasteiger partial charge on any atom is -0.379 e. The van der Waals surface area contributed by atoms with Gasteiger partial charge in [0.25, 0.3) is 0 Å². The molecule has 140 valence electrons. The third-order valence-electron chi connectivity index (χ3n) is 4.25. The first-order chi connectivity index (χ1) is 12.5. The Balaban J connectivity index is 1.84. The monoisotopic (exact) mass is 379 g/mol. The average Bonchev–Trinajstić information content (AvgIpc) is 3.04. The lowest BCUT2D eigenvalue weighted by Crippen LogP contribution is -2.38. The molecule has 2 N–H and O–H groups in total. The van der Waals surface area contributed by atoms with Crippen molar-refractivity contribution >= 4 is 17.7 Å². The Hall–Kier alpha value is -1.97. The van der Waals surface area contributed by atoms with E-state index < -0.39 is 11.2 Å². The minimum absolute atomic E-state index is 0.301. The standard InChI is InChI=1S/C17H22FN5O2S/c1-12(15(19)24)26-17-21-20-16(13-2-4-14(18)5-3-13)23(17)7-6-22-8-10-25-11-9-22/h2-5,12H,6-11H2,1H3,(H2,19,24)/t12-/m1/s1. The van der Waals surface area contributed by atoms with Crippen LogP contribution in [0.15, 0.2) is 29.4 Å². The molecule has 0 spiro atoms. The fraction of sp³-hybridized carbons (Fsp3) is 0.471. The van der Waals surface area contributed by atoms with Crippen LogP contribution < -0.4 is 5.73 Å². The van der Waals surface area contributed by atoms with Crippen molar-refractivity contribution < 1.29 is 13.9 Å². The maximum atomic E-state index is 13.2. The summed E-state index contributed by atoms with van der Waals surface area (Å²) in [6.45, 7) is 6.44. The third kappa shape index (κ3) is 4.60. The molecule has 1 saturated heterocycles. The number of rotatable bonds is 7. The highest BCUT2D eigenvalue weighted by Gasteiger charge is 2.20. The molecule has 26 heavy (non-hydrogen) atoms. The zero-order valence-electron chi connectivity index (χ0n) is 14.6. The SMILES string of the molecule is C[C@@H](Sc1nnc(-c2ccc(F)cc2)n1CCN1CCOCC1)C(N)=O. The number of benzene rings is 1. The molecule has 9 heteroatoms. The Kier molecular flexibility index (Phi) is 6.23. The summed E-state index contributed by atoms with van der Waals surface area (Å²) in [4.78, 5) is 13.7. The Morgan fingerprint density at radius 3 is 2.62 bits per heavy atom. The Morgan fingerprint density at radius 2 is 1.96 bits per heavy atom. The van der Waals surface area contributed by atoms with Gasteiger partial charge in [0.05, 0.1) is 18.5 Å². The topological polar surface area (TPSA) is 86.3 Å². The number of aromatic nitrogens is 3. The third-order valence-corrected chi connectivity index (χ3v) is 5.34. The number of hydrogen-bond acceptors (Lipinski definition) is 6. The van der Waals surface area contributed by atoms with Gasteiger partial charge in [0.15, 0.2) is 11.0 Å². The first-order valence-corrected chi connectivity index (χ1v) is 9.38. The van der Waals surface area contributed by atoms with Gasteiger partial charge in [-0.2, -0.15) is 0 Å². The number of hydrogen-bond donors (Lipinski definition) is 1. The van der Waals surface area contributed by atoms with Gasteiger partial charge in [-0.25, -0.2) is 4.39 Å². The lowest BCUT2D eigenvalue weighted by molar-refractivity contribution is -0.117. The van der Waals surface area contributed by atoms with Crippen molar-refractivity contribution in [2.24, 2.45) is 5.73 Å². The van der Waals surface area contributed by atoms with Gasteiger partial charge in [-0.1, -0.05) is 11.8 Å². The van der Waals surface area contributed by atoms with Crippen molar-refractivity contribution in [3.63, 3.8) is 0 Å². The Bertz CT molecular complexity index is 746. The summed E-state index contributed by atoms with van der Waals surface area (Å²) in [5.74, 6) is -0.0522. The Labute approximate surface area is 155 Å². The van der Waals surface area contributed by atoms with Crippen LogP contribution in [0.3, 0.4) is 0 Å². The highest BCUT2D eigenvalue weighted by molar-refractivity contribution is 8.00. The molecule has 1 fully saturated rings. The first-order valence-electron chi connectivity index (χ1n) is 8.50. The zero-order chi connectivity index (χ0) is 18.5. The number of nitrogens with zero attached hydrogens (tertiary/aromatic N) is 4. The molecular formula is C17H22FN5O2S. The summed E-state index contributed by atoms with van der Waals surface area (Å²) in [5, 5.41) is 8.71.